The summed E-state index contributed by atoms with van der Waals surface area (Å²) < 4.78 is 22.8. The molecule has 0 unspecified atom stereocenters. The molecule has 0 aromatic rings. The van der Waals surface area contributed by atoms with Gasteiger partial charge in [-0.15, -0.1) is 0 Å². The molecule has 0 amide bonds. The molecule has 0 bridgehead atoms. The summed E-state index contributed by atoms with van der Waals surface area (Å²) in [5.74, 6) is 0. The fraction of sp³-hybridized carbons (Fsp3) is 1.00. The molecular weight excluding hydrogens is 1050 g/mol. The van der Waals surface area contributed by atoms with Gasteiger partial charge in [0.25, 0.3) is 0 Å². The quantitative estimate of drug-likeness (QED) is 0.109. The van der Waals surface area contributed by atoms with Gasteiger partial charge in [-0.25, -0.2) is 0 Å². The number of nitrogens with zero attached hydrogens (tertiary/aromatic N) is 4. The van der Waals surface area contributed by atoms with Gasteiger partial charge in [-0.1, -0.05) is 421 Å². The third-order valence-corrected chi connectivity index (χ3v) is 72.4. The van der Waals surface area contributed by atoms with Crippen LogP contribution in [0.4, 0.5) is 0 Å². The number of hydrogen-bond donors (Lipinski definition) is 0. The molecule has 74 heavy (non-hydrogen) atoms. The monoisotopic (exact) mass is 1190 g/mol. The molecule has 0 aliphatic heterocycles. The van der Waals surface area contributed by atoms with Crippen LogP contribution in [0.25, 0.3) is 18.6 Å². The molecule has 0 atom stereocenters. The Kier molecular flexibility index (Phi) is 38.7. The Bertz CT molecular complexity index is 1200. The van der Waals surface area contributed by atoms with Crippen molar-refractivity contribution < 1.29 is 0 Å². The molecule has 4 nitrogen and oxygen atoms in total. The van der Waals surface area contributed by atoms with Gasteiger partial charge in [-0.2, -0.15) is 0 Å². The van der Waals surface area contributed by atoms with Crippen molar-refractivity contribution in [2.75, 3.05) is 0 Å². The maximum Gasteiger partial charge on any atom is 2.00 e. The van der Waals surface area contributed by atoms with E-state index in [4.69, 9.17) is 18.6 Å². The van der Waals surface area contributed by atoms with Gasteiger partial charge in [0.15, 0.2) is 0 Å². The summed E-state index contributed by atoms with van der Waals surface area (Å²) in [6, 6.07) is 0. The first-order valence-electron chi connectivity index (χ1n) is 30.1. The van der Waals surface area contributed by atoms with Crippen molar-refractivity contribution in [3.63, 3.8) is 0 Å². The van der Waals surface area contributed by atoms with Gasteiger partial charge in [0.2, 0.25) is 0 Å². The van der Waals surface area contributed by atoms with E-state index in [1.807, 2.05) is 0 Å². The van der Waals surface area contributed by atoms with Crippen molar-refractivity contribution in [1.82, 2.24) is 0 Å². The van der Waals surface area contributed by atoms with Crippen LogP contribution in [-0.2, 0) is 0 Å². The van der Waals surface area contributed by atoms with Crippen LogP contribution in [-0.4, -0.2) is 112 Å². The average Bonchev–Trinajstić information content (AvgIpc) is 3.11. The van der Waals surface area contributed by atoms with Crippen molar-refractivity contribution in [2.24, 2.45) is 0 Å². The Morgan fingerprint density at radius 3 is 0.297 bits per heavy atom. The van der Waals surface area contributed by atoms with Crippen LogP contribution in [0.5, 0.6) is 0 Å². The van der Waals surface area contributed by atoms with E-state index in [9.17, 15) is 0 Å². The molecular formula is C60H144Mg2N4Si8. The van der Waals surface area contributed by atoms with Crippen molar-refractivity contribution >= 4 is 112 Å². The molecule has 0 saturated heterocycles. The van der Waals surface area contributed by atoms with Gasteiger partial charge in [0, 0.05) is 0 Å². The first-order chi connectivity index (χ1) is 31.1. The van der Waals surface area contributed by atoms with Crippen LogP contribution in [0.3, 0.4) is 0 Å². The van der Waals surface area contributed by atoms with Crippen molar-refractivity contribution in [1.29, 1.82) is 0 Å². The van der Waals surface area contributed by atoms with Gasteiger partial charge in [0.05, 0.1) is 0 Å². The summed E-state index contributed by atoms with van der Waals surface area (Å²) in [6.07, 6.45) is 0. The maximum absolute atomic E-state index is 5.69. The molecule has 0 radical (unpaired) electrons. The van der Waals surface area contributed by atoms with Crippen LogP contribution in [0.1, 0.15) is 249 Å². The third-order valence-electron chi connectivity index (χ3n) is 20.3. The molecule has 0 rings (SSSR count). The SMILES string of the molecule is CC(C)[Si]([N-][Si](C)(C)C(C)(C)C)(C(C)C)C(C)C.CC(C)[Si]([N-][Si](C)(C)C(C)(C)C)(C(C)C)C(C)C.CC(C)[Si]([N-][Si](C)(C)C(C)(C)C)(C(C)C)C(C)C.CC(C)[Si]([N-][Si](C)(C)C(C)(C)C)(C(C)C)C(C)C.[Mg+2].[Mg+2]. The average molecular weight is 1200 g/mol. The van der Waals surface area contributed by atoms with Crippen LogP contribution >= 0.6 is 0 Å². The Hall–Kier alpha value is 3.11. The summed E-state index contributed by atoms with van der Waals surface area (Å²) in [5.41, 5.74) is 8.91. The Labute approximate surface area is 514 Å². The second-order valence-corrected chi connectivity index (χ2v) is 76.1. The van der Waals surface area contributed by atoms with Crippen molar-refractivity contribution in [2.45, 2.75) is 388 Å². The fourth-order valence-corrected chi connectivity index (χ4v) is 61.4. The molecule has 0 spiro atoms. The van der Waals surface area contributed by atoms with Gasteiger partial charge in [0.1, 0.15) is 0 Å². The van der Waals surface area contributed by atoms with Crippen molar-refractivity contribution in [3.8, 4) is 0 Å². The van der Waals surface area contributed by atoms with Crippen LogP contribution in [0.15, 0.2) is 0 Å². The van der Waals surface area contributed by atoms with Gasteiger partial charge in [-0.3, -0.25) is 0 Å². The molecule has 440 valence electrons. The molecule has 0 aliphatic carbocycles. The van der Waals surface area contributed by atoms with Crippen LogP contribution in [0.2, 0.25) is 139 Å². The second-order valence-electron chi connectivity index (χ2n) is 33.1. The minimum absolute atomic E-state index is 0. The number of rotatable bonds is 20. The minimum Gasteiger partial charge on any atom is -0.666 e. The van der Waals surface area contributed by atoms with E-state index in [0.29, 0.717) is 20.2 Å². The largest absolute Gasteiger partial charge is 2.00 e. The van der Waals surface area contributed by atoms with E-state index in [1.54, 1.807) is 0 Å². The van der Waals surface area contributed by atoms with Gasteiger partial charge in [-0.05, 0) is 32.9 Å². The minimum atomic E-state index is -1.59. The fourth-order valence-electron chi connectivity index (χ4n) is 12.2. The first-order valence-corrected chi connectivity index (χ1v) is 50.6. The Balaban J connectivity index is -0.000000206. The standard InChI is InChI=1S/4C15H36NSi2.2Mg/c4*1-12(2)18(13(3)4,14(5)6)16-17(10,11)15(7,8)9;;/h4*12-14H,1-11H3;;/q4*-1;2*+2. The first kappa shape index (κ1) is 88.3. The van der Waals surface area contributed by atoms with Crippen LogP contribution < -0.4 is 0 Å². The van der Waals surface area contributed by atoms with Crippen molar-refractivity contribution in [3.05, 3.63) is 18.6 Å². The molecule has 0 aromatic heterocycles. The van der Waals surface area contributed by atoms with E-state index >= 15 is 0 Å². The van der Waals surface area contributed by atoms with E-state index in [-0.39, 0.29) is 46.1 Å². The van der Waals surface area contributed by atoms with E-state index in [0.717, 1.165) is 66.5 Å². The summed E-state index contributed by atoms with van der Waals surface area (Å²) in [7, 11) is -12.5. The zero-order chi connectivity index (χ0) is 59.8. The van der Waals surface area contributed by atoms with Crippen LogP contribution in [0, 0.1) is 0 Å². The summed E-state index contributed by atoms with van der Waals surface area (Å²) >= 11 is 0. The predicted octanol–water partition coefficient (Wildman–Crippen LogP) is 25.4. The molecule has 0 fully saturated rings. The third kappa shape index (κ3) is 22.6. The van der Waals surface area contributed by atoms with E-state index in [1.165, 1.54) is 0 Å². The van der Waals surface area contributed by atoms with E-state index in [2.05, 4.69) is 302 Å². The zero-order valence-corrected chi connectivity index (χ0v) is 71.0. The zero-order valence-electron chi connectivity index (χ0n) is 60.1. The molecule has 14 heteroatoms. The molecule has 0 aromatic carbocycles. The second kappa shape index (κ2) is 32.4. The Morgan fingerprint density at radius 2 is 0.257 bits per heavy atom. The number of hydrogen-bond acceptors (Lipinski definition) is 0. The summed E-state index contributed by atoms with van der Waals surface area (Å²) in [5, 5.41) is 1.46. The molecule has 0 N–H and O–H groups in total. The van der Waals surface area contributed by atoms with Gasteiger partial charge < -0.3 is 18.6 Å². The smallest absolute Gasteiger partial charge is 0.666 e. The van der Waals surface area contributed by atoms with Gasteiger partial charge >= 0.3 is 46.1 Å². The Morgan fingerprint density at radius 1 is 0.189 bits per heavy atom. The molecule has 0 heterocycles. The molecule has 0 aliphatic rings. The molecule has 0 saturated carbocycles. The van der Waals surface area contributed by atoms with E-state index < -0.39 is 65.9 Å². The topological polar surface area (TPSA) is 56.4 Å². The predicted molar refractivity (Wildman–Crippen MR) is 378 cm³/mol. The summed E-state index contributed by atoms with van der Waals surface area (Å²) in [6.45, 7) is 106. The normalized spacial score (nSPS) is 14.6. The summed E-state index contributed by atoms with van der Waals surface area (Å²) in [4.78, 5) is 0. The maximum atomic E-state index is 5.69.